The molecule has 1 aromatic heterocycles. The lowest BCUT2D eigenvalue weighted by atomic mass is 9.79. The lowest BCUT2D eigenvalue weighted by Gasteiger charge is -2.43. The standard InChI is InChI=1S/C18H25N3O2/c22-18(21-10-11-23-12-16(21)13-6-3-7-13)15-8-9-19-17(20-15)14-4-1-2-5-14/h8-9,13-14,16H,1-7,10-12H2. The van der Waals surface area contributed by atoms with Crippen LogP contribution in [0.1, 0.15) is 67.2 Å². The van der Waals surface area contributed by atoms with Gasteiger partial charge in [-0.1, -0.05) is 19.3 Å². The van der Waals surface area contributed by atoms with Gasteiger partial charge in [-0.25, -0.2) is 9.97 Å². The number of carbonyl (C=O) groups is 1. The topological polar surface area (TPSA) is 55.3 Å². The molecule has 1 aromatic rings. The van der Waals surface area contributed by atoms with Gasteiger partial charge in [0.25, 0.3) is 5.91 Å². The van der Waals surface area contributed by atoms with Gasteiger partial charge in [-0.05, 0) is 37.7 Å². The van der Waals surface area contributed by atoms with E-state index in [1.54, 1.807) is 12.3 Å². The molecule has 3 aliphatic rings. The molecule has 4 rings (SSSR count). The normalized spacial score (nSPS) is 26.3. The van der Waals surface area contributed by atoms with Crippen molar-refractivity contribution in [3.8, 4) is 0 Å². The first-order valence-corrected chi connectivity index (χ1v) is 9.04. The first-order valence-electron chi connectivity index (χ1n) is 9.04. The van der Waals surface area contributed by atoms with Crippen molar-refractivity contribution in [2.45, 2.75) is 56.9 Å². The van der Waals surface area contributed by atoms with Crippen molar-refractivity contribution in [3.05, 3.63) is 23.8 Å². The summed E-state index contributed by atoms with van der Waals surface area (Å²) < 4.78 is 5.63. The Morgan fingerprint density at radius 3 is 2.74 bits per heavy atom. The number of ether oxygens (including phenoxy) is 1. The minimum absolute atomic E-state index is 0.0619. The van der Waals surface area contributed by atoms with Gasteiger partial charge in [0.2, 0.25) is 0 Å². The quantitative estimate of drug-likeness (QED) is 0.860. The third-order valence-electron chi connectivity index (χ3n) is 5.73. The van der Waals surface area contributed by atoms with Crippen molar-refractivity contribution in [2.24, 2.45) is 5.92 Å². The van der Waals surface area contributed by atoms with Gasteiger partial charge >= 0.3 is 0 Å². The second-order valence-electron chi connectivity index (χ2n) is 7.11. The van der Waals surface area contributed by atoms with Crippen LogP contribution in [-0.2, 0) is 4.74 Å². The van der Waals surface area contributed by atoms with Gasteiger partial charge in [0.1, 0.15) is 11.5 Å². The maximum absolute atomic E-state index is 13.0. The largest absolute Gasteiger partial charge is 0.377 e. The van der Waals surface area contributed by atoms with Gasteiger partial charge in [-0.3, -0.25) is 4.79 Å². The first-order chi connectivity index (χ1) is 11.3. The van der Waals surface area contributed by atoms with Crippen molar-refractivity contribution in [3.63, 3.8) is 0 Å². The number of hydrogen-bond donors (Lipinski definition) is 0. The van der Waals surface area contributed by atoms with Crippen LogP contribution < -0.4 is 0 Å². The number of carbonyl (C=O) groups excluding carboxylic acids is 1. The molecule has 3 fully saturated rings. The molecular weight excluding hydrogens is 290 g/mol. The van der Waals surface area contributed by atoms with Gasteiger partial charge in [-0.2, -0.15) is 0 Å². The summed E-state index contributed by atoms with van der Waals surface area (Å²) >= 11 is 0. The number of amides is 1. The molecule has 2 saturated carbocycles. The van der Waals surface area contributed by atoms with Crippen LogP contribution in [0.4, 0.5) is 0 Å². The molecule has 0 bridgehead atoms. The summed E-state index contributed by atoms with van der Waals surface area (Å²) in [4.78, 5) is 24.1. The van der Waals surface area contributed by atoms with E-state index in [-0.39, 0.29) is 11.9 Å². The van der Waals surface area contributed by atoms with Crippen LogP contribution in [-0.4, -0.2) is 46.6 Å². The van der Waals surface area contributed by atoms with E-state index in [9.17, 15) is 4.79 Å². The molecule has 1 amide bonds. The zero-order valence-electron chi connectivity index (χ0n) is 13.6. The van der Waals surface area contributed by atoms with Crippen LogP contribution in [0.5, 0.6) is 0 Å². The monoisotopic (exact) mass is 315 g/mol. The maximum Gasteiger partial charge on any atom is 0.273 e. The molecule has 124 valence electrons. The molecule has 5 nitrogen and oxygen atoms in total. The summed E-state index contributed by atoms with van der Waals surface area (Å²) in [6.07, 6.45) is 10.3. The third kappa shape index (κ3) is 2.99. The van der Waals surface area contributed by atoms with E-state index in [0.717, 1.165) is 18.7 Å². The highest BCUT2D eigenvalue weighted by Gasteiger charge is 2.37. The zero-order chi connectivity index (χ0) is 15.6. The van der Waals surface area contributed by atoms with Crippen molar-refractivity contribution < 1.29 is 9.53 Å². The minimum atomic E-state index is 0.0619. The molecule has 2 aliphatic carbocycles. The SMILES string of the molecule is O=C(c1ccnc(C2CCCC2)n1)N1CCOCC1C1CCC1. The van der Waals surface area contributed by atoms with Crippen LogP contribution in [0.25, 0.3) is 0 Å². The molecule has 0 N–H and O–H groups in total. The van der Waals surface area contributed by atoms with E-state index in [2.05, 4.69) is 9.97 Å². The van der Waals surface area contributed by atoms with Crippen LogP contribution in [0.15, 0.2) is 12.3 Å². The Morgan fingerprint density at radius 2 is 2.00 bits per heavy atom. The minimum Gasteiger partial charge on any atom is -0.377 e. The average Bonchev–Trinajstić information content (AvgIpc) is 3.08. The molecule has 1 atom stereocenters. The van der Waals surface area contributed by atoms with Crippen molar-refractivity contribution in [1.29, 1.82) is 0 Å². The summed E-state index contributed by atoms with van der Waals surface area (Å²) in [5, 5.41) is 0. The van der Waals surface area contributed by atoms with Crippen molar-refractivity contribution in [2.75, 3.05) is 19.8 Å². The number of nitrogens with zero attached hydrogens (tertiary/aromatic N) is 3. The second-order valence-corrected chi connectivity index (χ2v) is 7.11. The fraction of sp³-hybridized carbons (Fsp3) is 0.722. The van der Waals surface area contributed by atoms with E-state index in [1.165, 1.54) is 32.1 Å². The highest BCUT2D eigenvalue weighted by Crippen LogP contribution is 2.34. The molecule has 1 unspecified atom stereocenters. The molecule has 0 radical (unpaired) electrons. The number of rotatable bonds is 3. The van der Waals surface area contributed by atoms with E-state index < -0.39 is 0 Å². The van der Waals surface area contributed by atoms with Crippen molar-refractivity contribution in [1.82, 2.24) is 14.9 Å². The molecule has 1 saturated heterocycles. The Balaban J connectivity index is 1.53. The molecule has 1 aliphatic heterocycles. The van der Waals surface area contributed by atoms with E-state index in [4.69, 9.17) is 4.74 Å². The van der Waals surface area contributed by atoms with Crippen LogP contribution >= 0.6 is 0 Å². The maximum atomic E-state index is 13.0. The Labute approximate surface area is 137 Å². The highest BCUT2D eigenvalue weighted by molar-refractivity contribution is 5.92. The van der Waals surface area contributed by atoms with Gasteiger partial charge in [0, 0.05) is 18.7 Å². The fourth-order valence-electron chi connectivity index (χ4n) is 4.11. The molecule has 5 heteroatoms. The molecular formula is C18H25N3O2. The van der Waals surface area contributed by atoms with E-state index >= 15 is 0 Å². The summed E-state index contributed by atoms with van der Waals surface area (Å²) in [7, 11) is 0. The van der Waals surface area contributed by atoms with Crippen LogP contribution in [0.2, 0.25) is 0 Å². The average molecular weight is 315 g/mol. The van der Waals surface area contributed by atoms with Gasteiger partial charge < -0.3 is 9.64 Å². The third-order valence-corrected chi connectivity index (χ3v) is 5.73. The Morgan fingerprint density at radius 1 is 1.17 bits per heavy atom. The summed E-state index contributed by atoms with van der Waals surface area (Å²) in [6, 6.07) is 2.00. The van der Waals surface area contributed by atoms with Crippen molar-refractivity contribution >= 4 is 5.91 Å². The fourth-order valence-corrected chi connectivity index (χ4v) is 4.11. The van der Waals surface area contributed by atoms with Gasteiger partial charge in [0.15, 0.2) is 0 Å². The van der Waals surface area contributed by atoms with E-state index in [1.807, 2.05) is 4.90 Å². The smallest absolute Gasteiger partial charge is 0.273 e. The summed E-state index contributed by atoms with van der Waals surface area (Å²) in [5.74, 6) is 1.97. The number of morpholine rings is 1. The molecule has 23 heavy (non-hydrogen) atoms. The molecule has 2 heterocycles. The predicted octanol–water partition coefficient (Wildman–Crippen LogP) is 2.78. The van der Waals surface area contributed by atoms with E-state index in [0.29, 0.717) is 37.3 Å². The Bertz CT molecular complexity index is 567. The number of hydrogen-bond acceptors (Lipinski definition) is 4. The second kappa shape index (κ2) is 6.56. The summed E-state index contributed by atoms with van der Waals surface area (Å²) in [5.41, 5.74) is 0.563. The molecule has 0 aromatic carbocycles. The van der Waals surface area contributed by atoms with Gasteiger partial charge in [-0.15, -0.1) is 0 Å². The highest BCUT2D eigenvalue weighted by atomic mass is 16.5. The Hall–Kier alpha value is -1.49. The van der Waals surface area contributed by atoms with Crippen LogP contribution in [0.3, 0.4) is 0 Å². The zero-order valence-corrected chi connectivity index (χ0v) is 13.6. The lowest BCUT2D eigenvalue weighted by molar-refractivity contribution is -0.0333. The van der Waals surface area contributed by atoms with Gasteiger partial charge in [0.05, 0.1) is 19.3 Å². The molecule has 0 spiro atoms. The Kier molecular flexibility index (Phi) is 4.29. The summed E-state index contributed by atoms with van der Waals surface area (Å²) in [6.45, 7) is 2.00. The lowest BCUT2D eigenvalue weighted by Crippen LogP contribution is -2.53. The first kappa shape index (κ1) is 15.1. The predicted molar refractivity (Wildman–Crippen MR) is 86.2 cm³/mol. The van der Waals surface area contributed by atoms with Crippen LogP contribution in [0, 0.1) is 5.92 Å². The number of aromatic nitrogens is 2.